The van der Waals surface area contributed by atoms with Gasteiger partial charge in [-0.15, -0.1) is 11.6 Å². The van der Waals surface area contributed by atoms with Crippen LogP contribution in [-0.4, -0.2) is 16.1 Å². The van der Waals surface area contributed by atoms with Gasteiger partial charge in [-0.2, -0.15) is 0 Å². The molecule has 82 valence electrons. The number of carboxylic acid groups (broad SMARTS) is 1. The van der Waals surface area contributed by atoms with Crippen molar-refractivity contribution in [3.8, 4) is 0 Å². The van der Waals surface area contributed by atoms with Gasteiger partial charge in [0.25, 0.3) is 6.43 Å². The lowest BCUT2D eigenvalue weighted by Gasteiger charge is -2.09. The van der Waals surface area contributed by atoms with Gasteiger partial charge in [-0.3, -0.25) is 9.78 Å². The number of alkyl halides is 3. The first-order chi connectivity index (χ1) is 7.06. The van der Waals surface area contributed by atoms with Crippen LogP contribution in [0.5, 0.6) is 0 Å². The molecule has 0 saturated carbocycles. The third kappa shape index (κ3) is 2.86. The summed E-state index contributed by atoms with van der Waals surface area (Å²) >= 11 is 5.50. The molecule has 1 aromatic heterocycles. The molecule has 0 amide bonds. The summed E-state index contributed by atoms with van der Waals surface area (Å²) in [5.41, 5.74) is -0.0527. The molecule has 0 aliphatic heterocycles. The molecule has 0 unspecified atom stereocenters. The van der Waals surface area contributed by atoms with E-state index in [2.05, 4.69) is 4.98 Å². The van der Waals surface area contributed by atoms with Crippen LogP contribution in [0.25, 0.3) is 0 Å². The zero-order valence-electron chi connectivity index (χ0n) is 7.58. The molecular formula is C9H8ClF2NO2. The molecule has 1 heterocycles. The van der Waals surface area contributed by atoms with Crippen molar-refractivity contribution in [2.24, 2.45) is 0 Å². The molecule has 1 rings (SSSR count). The Bertz CT molecular complexity index is 371. The molecule has 3 nitrogen and oxygen atoms in total. The highest BCUT2D eigenvalue weighted by Crippen LogP contribution is 2.24. The van der Waals surface area contributed by atoms with Crippen LogP contribution >= 0.6 is 11.6 Å². The molecule has 0 saturated heterocycles. The van der Waals surface area contributed by atoms with Gasteiger partial charge in [0.05, 0.1) is 6.42 Å². The van der Waals surface area contributed by atoms with Gasteiger partial charge >= 0.3 is 5.97 Å². The SMILES string of the molecule is O=C(O)Cc1ccnc(C(F)F)c1CCl. The zero-order valence-corrected chi connectivity index (χ0v) is 8.34. The van der Waals surface area contributed by atoms with E-state index in [0.717, 1.165) is 6.20 Å². The largest absolute Gasteiger partial charge is 0.481 e. The summed E-state index contributed by atoms with van der Waals surface area (Å²) < 4.78 is 24.9. The number of rotatable bonds is 4. The summed E-state index contributed by atoms with van der Waals surface area (Å²) in [6.07, 6.45) is -1.91. The smallest absolute Gasteiger partial charge is 0.307 e. The number of halogens is 3. The Morgan fingerprint density at radius 2 is 2.27 bits per heavy atom. The minimum absolute atomic E-state index is 0.108. The molecule has 0 bridgehead atoms. The molecule has 0 fully saturated rings. The Morgan fingerprint density at radius 1 is 1.60 bits per heavy atom. The van der Waals surface area contributed by atoms with Crippen LogP contribution in [0.15, 0.2) is 12.3 Å². The quantitative estimate of drug-likeness (QED) is 0.816. The second-order valence-corrected chi connectivity index (χ2v) is 3.11. The van der Waals surface area contributed by atoms with Crippen molar-refractivity contribution in [2.75, 3.05) is 0 Å². The molecule has 0 aliphatic carbocycles. The number of carbonyl (C=O) groups is 1. The topological polar surface area (TPSA) is 50.2 Å². The first-order valence-corrected chi connectivity index (χ1v) is 4.62. The third-order valence-electron chi connectivity index (χ3n) is 1.87. The Kier molecular flexibility index (Phi) is 3.96. The van der Waals surface area contributed by atoms with Crippen molar-refractivity contribution >= 4 is 17.6 Å². The van der Waals surface area contributed by atoms with Crippen molar-refractivity contribution in [3.63, 3.8) is 0 Å². The minimum Gasteiger partial charge on any atom is -0.481 e. The van der Waals surface area contributed by atoms with E-state index in [-0.39, 0.29) is 23.4 Å². The van der Waals surface area contributed by atoms with Crippen molar-refractivity contribution in [2.45, 2.75) is 18.7 Å². The number of aliphatic carboxylic acids is 1. The fourth-order valence-corrected chi connectivity index (χ4v) is 1.53. The van der Waals surface area contributed by atoms with Gasteiger partial charge < -0.3 is 5.11 Å². The summed E-state index contributed by atoms with van der Waals surface area (Å²) in [4.78, 5) is 14.0. The molecule has 0 aromatic carbocycles. The average Bonchev–Trinajstić information content (AvgIpc) is 2.16. The molecule has 0 radical (unpaired) electrons. The Hall–Kier alpha value is -1.23. The van der Waals surface area contributed by atoms with Crippen LogP contribution in [0, 0.1) is 0 Å². The number of pyridine rings is 1. The van der Waals surface area contributed by atoms with Crippen LogP contribution in [0.1, 0.15) is 23.2 Å². The van der Waals surface area contributed by atoms with Crippen LogP contribution < -0.4 is 0 Å². The molecule has 0 aliphatic rings. The number of aromatic nitrogens is 1. The Morgan fingerprint density at radius 3 is 2.73 bits per heavy atom. The van der Waals surface area contributed by atoms with Gasteiger partial charge in [0.2, 0.25) is 0 Å². The molecule has 0 atom stereocenters. The third-order valence-corrected chi connectivity index (χ3v) is 2.14. The maximum Gasteiger partial charge on any atom is 0.307 e. The summed E-state index contributed by atoms with van der Waals surface area (Å²) in [5.74, 6) is -1.26. The normalized spacial score (nSPS) is 10.7. The maximum atomic E-state index is 12.5. The molecule has 0 spiro atoms. The van der Waals surface area contributed by atoms with Gasteiger partial charge in [0.1, 0.15) is 5.69 Å². The Balaban J connectivity index is 3.15. The molecule has 1 aromatic rings. The minimum atomic E-state index is -2.74. The first-order valence-electron chi connectivity index (χ1n) is 4.08. The van der Waals surface area contributed by atoms with E-state index in [1.165, 1.54) is 6.07 Å². The predicted molar refractivity (Wildman–Crippen MR) is 50.1 cm³/mol. The number of hydrogen-bond donors (Lipinski definition) is 1. The van der Waals surface area contributed by atoms with E-state index in [9.17, 15) is 13.6 Å². The van der Waals surface area contributed by atoms with Gasteiger partial charge in [-0.25, -0.2) is 8.78 Å². The molecular weight excluding hydrogens is 228 g/mol. The average molecular weight is 236 g/mol. The van der Waals surface area contributed by atoms with Crippen molar-refractivity contribution in [3.05, 3.63) is 29.1 Å². The highest BCUT2D eigenvalue weighted by Gasteiger charge is 2.18. The van der Waals surface area contributed by atoms with Crippen molar-refractivity contribution in [1.82, 2.24) is 4.98 Å². The van der Waals surface area contributed by atoms with E-state index >= 15 is 0 Å². The Labute approximate surface area is 89.7 Å². The lowest BCUT2D eigenvalue weighted by molar-refractivity contribution is -0.136. The highest BCUT2D eigenvalue weighted by molar-refractivity contribution is 6.17. The van der Waals surface area contributed by atoms with Crippen molar-refractivity contribution in [1.29, 1.82) is 0 Å². The van der Waals surface area contributed by atoms with Gasteiger partial charge in [0.15, 0.2) is 0 Å². The molecule has 15 heavy (non-hydrogen) atoms. The van der Waals surface area contributed by atoms with Gasteiger partial charge in [-0.05, 0) is 17.2 Å². The maximum absolute atomic E-state index is 12.5. The fourth-order valence-electron chi connectivity index (χ4n) is 1.22. The van der Waals surface area contributed by atoms with Crippen molar-refractivity contribution < 1.29 is 18.7 Å². The summed E-state index contributed by atoms with van der Waals surface area (Å²) in [6.45, 7) is 0. The van der Waals surface area contributed by atoms with Crippen LogP contribution in [0.2, 0.25) is 0 Å². The lowest BCUT2D eigenvalue weighted by Crippen LogP contribution is -2.07. The van der Waals surface area contributed by atoms with Gasteiger partial charge in [0, 0.05) is 12.1 Å². The summed E-state index contributed by atoms with van der Waals surface area (Å²) in [5, 5.41) is 8.57. The zero-order chi connectivity index (χ0) is 11.4. The van der Waals surface area contributed by atoms with Crippen LogP contribution in [0.4, 0.5) is 8.78 Å². The van der Waals surface area contributed by atoms with Gasteiger partial charge in [-0.1, -0.05) is 0 Å². The van der Waals surface area contributed by atoms with E-state index in [1.807, 2.05) is 0 Å². The van der Waals surface area contributed by atoms with Crippen LogP contribution in [-0.2, 0) is 17.1 Å². The number of hydrogen-bond acceptors (Lipinski definition) is 2. The fraction of sp³-hybridized carbons (Fsp3) is 0.333. The monoisotopic (exact) mass is 235 g/mol. The van der Waals surface area contributed by atoms with E-state index in [4.69, 9.17) is 16.7 Å². The van der Waals surface area contributed by atoms with E-state index in [1.54, 1.807) is 0 Å². The number of nitrogens with zero attached hydrogens (tertiary/aromatic N) is 1. The van der Waals surface area contributed by atoms with E-state index in [0.29, 0.717) is 0 Å². The first kappa shape index (κ1) is 11.8. The summed E-state index contributed by atoms with van der Waals surface area (Å²) in [7, 11) is 0. The summed E-state index contributed by atoms with van der Waals surface area (Å²) in [6, 6.07) is 1.39. The predicted octanol–water partition coefficient (Wildman–Crippen LogP) is 2.39. The highest BCUT2D eigenvalue weighted by atomic mass is 35.5. The van der Waals surface area contributed by atoms with Crippen LogP contribution in [0.3, 0.4) is 0 Å². The van der Waals surface area contributed by atoms with E-state index < -0.39 is 18.1 Å². The second-order valence-electron chi connectivity index (χ2n) is 2.84. The standard InChI is InChI=1S/C9H8ClF2NO2/c10-4-6-5(3-7(14)15)1-2-13-8(6)9(11)12/h1-2,9H,3-4H2,(H,14,15). The molecule has 6 heteroatoms. The lowest BCUT2D eigenvalue weighted by atomic mass is 10.1. The second kappa shape index (κ2) is 5.02. The molecule has 1 N–H and O–H groups in total. The number of carboxylic acids is 1.